The summed E-state index contributed by atoms with van der Waals surface area (Å²) >= 11 is 0. The molecule has 1 N–H and O–H groups in total. The SMILES string of the molecule is COc1cc2c(OC)ncnc2cc1C(C)O. The maximum Gasteiger partial charge on any atom is 0.224 e. The molecule has 1 aromatic carbocycles. The molecule has 0 saturated heterocycles. The van der Waals surface area contributed by atoms with Gasteiger partial charge < -0.3 is 14.6 Å². The molecule has 0 spiro atoms. The Balaban J connectivity index is 2.73. The fraction of sp³-hybridized carbons (Fsp3) is 0.333. The summed E-state index contributed by atoms with van der Waals surface area (Å²) in [5.41, 5.74) is 1.41. The Morgan fingerprint density at radius 3 is 2.53 bits per heavy atom. The number of nitrogens with zero attached hydrogens (tertiary/aromatic N) is 2. The third kappa shape index (κ3) is 2.01. The number of hydrogen-bond acceptors (Lipinski definition) is 5. The fourth-order valence-corrected chi connectivity index (χ4v) is 1.74. The van der Waals surface area contributed by atoms with E-state index < -0.39 is 6.10 Å². The van der Waals surface area contributed by atoms with Crippen LogP contribution in [0.1, 0.15) is 18.6 Å². The standard InChI is InChI=1S/C12H14N2O3/c1-7(15)8-4-10-9(5-11(8)16-2)12(17-3)14-6-13-10/h4-7,15H,1-3H3. The van der Waals surface area contributed by atoms with E-state index in [1.807, 2.05) is 0 Å². The lowest BCUT2D eigenvalue weighted by Gasteiger charge is -2.13. The smallest absolute Gasteiger partial charge is 0.224 e. The zero-order valence-corrected chi connectivity index (χ0v) is 9.97. The first-order valence-electron chi connectivity index (χ1n) is 5.22. The quantitative estimate of drug-likeness (QED) is 0.875. The van der Waals surface area contributed by atoms with Gasteiger partial charge in [0, 0.05) is 5.56 Å². The summed E-state index contributed by atoms with van der Waals surface area (Å²) in [5.74, 6) is 1.09. The lowest BCUT2D eigenvalue weighted by Crippen LogP contribution is -1.99. The van der Waals surface area contributed by atoms with Crippen LogP contribution in [-0.4, -0.2) is 29.3 Å². The van der Waals surface area contributed by atoms with Crippen molar-refractivity contribution in [3.8, 4) is 11.6 Å². The van der Waals surface area contributed by atoms with Crippen molar-refractivity contribution in [3.63, 3.8) is 0 Å². The molecule has 0 amide bonds. The Morgan fingerprint density at radius 1 is 1.18 bits per heavy atom. The van der Waals surface area contributed by atoms with Crippen LogP contribution < -0.4 is 9.47 Å². The van der Waals surface area contributed by atoms with Crippen molar-refractivity contribution >= 4 is 10.9 Å². The molecule has 0 bridgehead atoms. The van der Waals surface area contributed by atoms with Crippen LogP contribution in [0.2, 0.25) is 0 Å². The third-order valence-corrected chi connectivity index (χ3v) is 2.59. The first-order valence-corrected chi connectivity index (χ1v) is 5.22. The molecule has 0 aliphatic heterocycles. The Hall–Kier alpha value is -1.88. The number of hydrogen-bond donors (Lipinski definition) is 1. The van der Waals surface area contributed by atoms with E-state index in [-0.39, 0.29) is 0 Å². The minimum Gasteiger partial charge on any atom is -0.496 e. The molecule has 0 fully saturated rings. The van der Waals surface area contributed by atoms with Crippen LogP contribution >= 0.6 is 0 Å². The van der Waals surface area contributed by atoms with Crippen LogP contribution in [0.5, 0.6) is 11.6 Å². The summed E-state index contributed by atoms with van der Waals surface area (Å²) in [6, 6.07) is 3.55. The highest BCUT2D eigenvalue weighted by atomic mass is 16.5. The van der Waals surface area contributed by atoms with E-state index in [9.17, 15) is 5.11 Å². The Morgan fingerprint density at radius 2 is 1.94 bits per heavy atom. The summed E-state index contributed by atoms with van der Waals surface area (Å²) in [5, 5.41) is 10.4. The van der Waals surface area contributed by atoms with Gasteiger partial charge in [0.2, 0.25) is 5.88 Å². The molecule has 1 unspecified atom stereocenters. The van der Waals surface area contributed by atoms with Gasteiger partial charge in [0.1, 0.15) is 12.1 Å². The van der Waals surface area contributed by atoms with Gasteiger partial charge in [-0.15, -0.1) is 0 Å². The molecule has 2 aromatic rings. The maximum atomic E-state index is 9.67. The summed E-state index contributed by atoms with van der Waals surface area (Å²) in [7, 11) is 3.11. The third-order valence-electron chi connectivity index (χ3n) is 2.59. The summed E-state index contributed by atoms with van der Waals surface area (Å²) in [6.07, 6.45) is 0.815. The minimum absolute atomic E-state index is 0.491. The largest absolute Gasteiger partial charge is 0.496 e. The first kappa shape index (κ1) is 11.6. The zero-order chi connectivity index (χ0) is 12.4. The number of aromatic nitrogens is 2. The van der Waals surface area contributed by atoms with Crippen molar-refractivity contribution < 1.29 is 14.6 Å². The second-order valence-corrected chi connectivity index (χ2v) is 3.67. The van der Waals surface area contributed by atoms with E-state index in [1.54, 1.807) is 33.3 Å². The molecule has 5 heteroatoms. The molecule has 1 atom stereocenters. The summed E-state index contributed by atoms with van der Waals surface area (Å²) in [4.78, 5) is 8.17. The number of rotatable bonds is 3. The highest BCUT2D eigenvalue weighted by Crippen LogP contribution is 2.32. The van der Waals surface area contributed by atoms with Crippen molar-refractivity contribution in [2.45, 2.75) is 13.0 Å². The Labute approximate surface area is 99.0 Å². The highest BCUT2D eigenvalue weighted by Gasteiger charge is 2.13. The van der Waals surface area contributed by atoms with Crippen molar-refractivity contribution in [3.05, 3.63) is 24.0 Å². The van der Waals surface area contributed by atoms with Crippen molar-refractivity contribution in [1.29, 1.82) is 0 Å². The average Bonchev–Trinajstić information content (AvgIpc) is 2.36. The first-order chi connectivity index (χ1) is 8.17. The van der Waals surface area contributed by atoms with Crippen molar-refractivity contribution in [2.75, 3.05) is 14.2 Å². The number of ether oxygens (including phenoxy) is 2. The predicted molar refractivity (Wildman–Crippen MR) is 63.3 cm³/mol. The summed E-state index contributed by atoms with van der Waals surface area (Å²) < 4.78 is 10.4. The second-order valence-electron chi connectivity index (χ2n) is 3.67. The molecule has 17 heavy (non-hydrogen) atoms. The number of fused-ring (bicyclic) bond motifs is 1. The van der Waals surface area contributed by atoms with Crippen molar-refractivity contribution in [2.24, 2.45) is 0 Å². The van der Waals surface area contributed by atoms with Gasteiger partial charge in [0.15, 0.2) is 0 Å². The molecule has 0 aliphatic rings. The Bertz CT molecular complexity index is 541. The molecule has 1 heterocycles. The number of methoxy groups -OCH3 is 2. The minimum atomic E-state index is -0.615. The van der Waals surface area contributed by atoms with E-state index in [1.165, 1.54) is 6.33 Å². The van der Waals surface area contributed by atoms with E-state index in [0.717, 1.165) is 5.39 Å². The highest BCUT2D eigenvalue weighted by molar-refractivity contribution is 5.85. The van der Waals surface area contributed by atoms with Gasteiger partial charge in [-0.3, -0.25) is 0 Å². The lowest BCUT2D eigenvalue weighted by molar-refractivity contribution is 0.194. The fourth-order valence-electron chi connectivity index (χ4n) is 1.74. The van der Waals surface area contributed by atoms with Crippen LogP contribution in [0.25, 0.3) is 10.9 Å². The van der Waals surface area contributed by atoms with E-state index in [2.05, 4.69) is 9.97 Å². The molecule has 90 valence electrons. The number of aliphatic hydroxyl groups excluding tert-OH is 1. The van der Waals surface area contributed by atoms with Crippen LogP contribution in [0.4, 0.5) is 0 Å². The molecule has 0 radical (unpaired) electrons. The van der Waals surface area contributed by atoms with E-state index in [0.29, 0.717) is 22.7 Å². The normalized spacial score (nSPS) is 12.5. The zero-order valence-electron chi connectivity index (χ0n) is 9.97. The molecular formula is C12H14N2O3. The lowest BCUT2D eigenvalue weighted by atomic mass is 10.1. The number of aliphatic hydroxyl groups is 1. The van der Waals surface area contributed by atoms with Gasteiger partial charge >= 0.3 is 0 Å². The van der Waals surface area contributed by atoms with E-state index in [4.69, 9.17) is 9.47 Å². The topological polar surface area (TPSA) is 64.5 Å². The maximum absolute atomic E-state index is 9.67. The van der Waals surface area contributed by atoms with Gasteiger partial charge in [0.25, 0.3) is 0 Å². The predicted octanol–water partition coefficient (Wildman–Crippen LogP) is 1.70. The second kappa shape index (κ2) is 4.55. The average molecular weight is 234 g/mol. The van der Waals surface area contributed by atoms with Crippen LogP contribution in [0.3, 0.4) is 0 Å². The molecule has 1 aromatic heterocycles. The van der Waals surface area contributed by atoms with Gasteiger partial charge in [-0.1, -0.05) is 0 Å². The van der Waals surface area contributed by atoms with Gasteiger partial charge in [0.05, 0.1) is 31.2 Å². The van der Waals surface area contributed by atoms with Crippen LogP contribution in [-0.2, 0) is 0 Å². The molecule has 0 aliphatic carbocycles. The van der Waals surface area contributed by atoms with Crippen LogP contribution in [0.15, 0.2) is 18.5 Å². The van der Waals surface area contributed by atoms with Gasteiger partial charge in [-0.25, -0.2) is 9.97 Å². The van der Waals surface area contributed by atoms with Crippen LogP contribution in [0, 0.1) is 0 Å². The van der Waals surface area contributed by atoms with Gasteiger partial charge in [-0.05, 0) is 19.1 Å². The Kier molecular flexibility index (Phi) is 3.10. The molecule has 0 saturated carbocycles. The monoisotopic (exact) mass is 234 g/mol. The summed E-state index contributed by atoms with van der Waals surface area (Å²) in [6.45, 7) is 1.68. The van der Waals surface area contributed by atoms with Crippen molar-refractivity contribution in [1.82, 2.24) is 9.97 Å². The van der Waals surface area contributed by atoms with Gasteiger partial charge in [-0.2, -0.15) is 0 Å². The molecular weight excluding hydrogens is 220 g/mol. The molecule has 2 rings (SSSR count). The molecule has 5 nitrogen and oxygen atoms in total. The van der Waals surface area contributed by atoms with E-state index >= 15 is 0 Å². The number of benzene rings is 1.